The summed E-state index contributed by atoms with van der Waals surface area (Å²) in [5.74, 6) is -1.50. The monoisotopic (exact) mass is 580 g/mol. The summed E-state index contributed by atoms with van der Waals surface area (Å²) in [5, 5.41) is 15.5. The van der Waals surface area contributed by atoms with Crippen molar-refractivity contribution in [2.24, 2.45) is 11.8 Å². The van der Waals surface area contributed by atoms with E-state index in [0.717, 1.165) is 25.2 Å². The Labute approximate surface area is 226 Å². The molecule has 0 saturated carbocycles. The number of carbonyl (C=O) groups excluding carboxylic acids is 3. The highest BCUT2D eigenvalue weighted by molar-refractivity contribution is 9.09. The first kappa shape index (κ1) is 27.3. The summed E-state index contributed by atoms with van der Waals surface area (Å²) in [7, 11) is 0. The summed E-state index contributed by atoms with van der Waals surface area (Å²) in [6, 6.07) is 7.06. The van der Waals surface area contributed by atoms with E-state index in [2.05, 4.69) is 45.3 Å². The van der Waals surface area contributed by atoms with Gasteiger partial charge in [0.05, 0.1) is 16.6 Å². The molecule has 1 aromatic rings. The summed E-state index contributed by atoms with van der Waals surface area (Å²) in [6.45, 7) is 8.78. The van der Waals surface area contributed by atoms with Crippen LogP contribution in [-0.4, -0.2) is 81.4 Å². The highest BCUT2D eigenvalue weighted by atomic mass is 79.9. The number of fused-ring (bicyclic) bond motifs is 1. The quantitative estimate of drug-likeness (QED) is 0.348. The Morgan fingerprint density at radius 1 is 1.19 bits per heavy atom. The molecule has 2 bridgehead atoms. The number of aliphatic hydroxyl groups is 1. The Morgan fingerprint density at radius 2 is 1.89 bits per heavy atom. The smallest absolute Gasteiger partial charge is 0.248 e. The summed E-state index contributed by atoms with van der Waals surface area (Å²) >= 11 is 5.40. The molecule has 198 valence electrons. The number of likely N-dealkylation sites (tertiary alicyclic amines) is 1. The van der Waals surface area contributed by atoms with E-state index in [4.69, 9.17) is 0 Å². The fraction of sp³-hybridized carbons (Fsp3) is 0.654. The third-order valence-corrected chi connectivity index (χ3v) is 10.9. The van der Waals surface area contributed by atoms with Crippen LogP contribution in [0.15, 0.2) is 24.3 Å². The predicted molar refractivity (Wildman–Crippen MR) is 148 cm³/mol. The molecule has 10 heteroatoms. The van der Waals surface area contributed by atoms with Gasteiger partial charge in [-0.25, -0.2) is 0 Å². The van der Waals surface area contributed by atoms with Gasteiger partial charge in [-0.15, -0.1) is 11.8 Å². The molecular formula is C26H37BrN4O4S. The molecule has 6 atom stereocenters. The maximum absolute atomic E-state index is 13.8. The zero-order valence-corrected chi connectivity index (χ0v) is 23.6. The van der Waals surface area contributed by atoms with Gasteiger partial charge in [-0.2, -0.15) is 0 Å². The van der Waals surface area contributed by atoms with Gasteiger partial charge < -0.3 is 25.5 Å². The van der Waals surface area contributed by atoms with E-state index < -0.39 is 22.6 Å². The lowest BCUT2D eigenvalue weighted by Crippen LogP contribution is -2.53. The first-order valence-electron chi connectivity index (χ1n) is 13.0. The van der Waals surface area contributed by atoms with Crippen LogP contribution >= 0.6 is 27.7 Å². The number of amides is 3. The van der Waals surface area contributed by atoms with Crippen LogP contribution in [-0.2, 0) is 14.4 Å². The number of rotatable bonds is 11. The average molecular weight is 582 g/mol. The molecule has 4 rings (SSSR count). The molecule has 3 heterocycles. The minimum Gasteiger partial charge on any atom is -0.396 e. The molecule has 3 aliphatic rings. The number of nitrogens with zero attached hydrogens (tertiary/aromatic N) is 2. The second kappa shape index (κ2) is 11.3. The number of hydrogen-bond donors (Lipinski definition) is 3. The molecule has 0 radical (unpaired) electrons. The Kier molecular flexibility index (Phi) is 8.56. The van der Waals surface area contributed by atoms with Crippen molar-refractivity contribution in [3.8, 4) is 0 Å². The number of aliphatic hydroxyl groups excluding tert-OH is 1. The van der Waals surface area contributed by atoms with E-state index in [1.165, 1.54) is 0 Å². The van der Waals surface area contributed by atoms with Crippen molar-refractivity contribution in [3.63, 3.8) is 0 Å². The zero-order chi connectivity index (χ0) is 26.0. The largest absolute Gasteiger partial charge is 0.396 e. The summed E-state index contributed by atoms with van der Waals surface area (Å²) < 4.78 is -0.676. The molecule has 1 aromatic carbocycles. The van der Waals surface area contributed by atoms with Crippen molar-refractivity contribution in [2.45, 2.75) is 60.9 Å². The van der Waals surface area contributed by atoms with Gasteiger partial charge >= 0.3 is 0 Å². The van der Waals surface area contributed by atoms with E-state index in [1.807, 2.05) is 31.2 Å². The van der Waals surface area contributed by atoms with Crippen molar-refractivity contribution in [2.75, 3.05) is 43.0 Å². The highest BCUT2D eigenvalue weighted by Crippen LogP contribution is 2.67. The lowest BCUT2D eigenvalue weighted by molar-refractivity contribution is -0.139. The molecule has 3 unspecified atom stereocenters. The Balaban J connectivity index is 1.62. The molecule has 3 fully saturated rings. The van der Waals surface area contributed by atoms with Crippen LogP contribution in [0.25, 0.3) is 0 Å². The van der Waals surface area contributed by atoms with Gasteiger partial charge in [0, 0.05) is 54.2 Å². The van der Waals surface area contributed by atoms with Crippen LogP contribution in [0.5, 0.6) is 0 Å². The number of carbonyl (C=O) groups is 3. The number of alkyl halides is 1. The van der Waals surface area contributed by atoms with Crippen molar-refractivity contribution >= 4 is 56.8 Å². The highest BCUT2D eigenvalue weighted by Gasteiger charge is 2.75. The number of anilines is 2. The second-order valence-electron chi connectivity index (χ2n) is 9.77. The molecule has 0 aliphatic carbocycles. The fourth-order valence-corrected chi connectivity index (χ4v) is 9.75. The van der Waals surface area contributed by atoms with Crippen LogP contribution in [0.2, 0.25) is 0 Å². The van der Waals surface area contributed by atoms with Crippen LogP contribution < -0.4 is 15.5 Å². The molecule has 3 saturated heterocycles. The van der Waals surface area contributed by atoms with Gasteiger partial charge in [-0.1, -0.05) is 22.9 Å². The van der Waals surface area contributed by atoms with E-state index in [0.29, 0.717) is 25.1 Å². The van der Waals surface area contributed by atoms with Crippen LogP contribution in [0, 0.1) is 11.8 Å². The number of benzene rings is 1. The number of thioether (sulfide) groups is 1. The maximum atomic E-state index is 13.8. The minimum absolute atomic E-state index is 0.0466. The topological polar surface area (TPSA) is 102 Å². The molecule has 8 nitrogen and oxygen atoms in total. The molecule has 1 spiro atoms. The molecule has 3 amide bonds. The van der Waals surface area contributed by atoms with E-state index >= 15 is 0 Å². The fourth-order valence-electron chi connectivity index (χ4n) is 6.13. The Bertz CT molecular complexity index is 975. The lowest BCUT2D eigenvalue weighted by Gasteiger charge is -2.35. The molecule has 3 aliphatic heterocycles. The minimum atomic E-state index is -0.706. The van der Waals surface area contributed by atoms with Crippen LogP contribution in [0.3, 0.4) is 0 Å². The van der Waals surface area contributed by atoms with Crippen molar-refractivity contribution < 1.29 is 19.5 Å². The lowest BCUT2D eigenvalue weighted by atomic mass is 9.70. The van der Waals surface area contributed by atoms with Gasteiger partial charge in [-0.05, 0) is 57.4 Å². The average Bonchev–Trinajstić information content (AvgIpc) is 3.46. The molecular weight excluding hydrogens is 544 g/mol. The van der Waals surface area contributed by atoms with Gasteiger partial charge in [0.2, 0.25) is 17.7 Å². The van der Waals surface area contributed by atoms with Crippen molar-refractivity contribution in [3.05, 3.63) is 24.3 Å². The third-order valence-electron chi connectivity index (χ3n) is 7.71. The second-order valence-corrected chi connectivity index (χ2v) is 12.5. The predicted octanol–water partition coefficient (Wildman–Crippen LogP) is 2.84. The first-order valence-corrected chi connectivity index (χ1v) is 14.8. The van der Waals surface area contributed by atoms with Gasteiger partial charge in [0.25, 0.3) is 0 Å². The first-order chi connectivity index (χ1) is 17.3. The van der Waals surface area contributed by atoms with Gasteiger partial charge in [-0.3, -0.25) is 14.4 Å². The van der Waals surface area contributed by atoms with E-state index in [9.17, 15) is 19.5 Å². The van der Waals surface area contributed by atoms with E-state index in [-0.39, 0.29) is 41.0 Å². The summed E-state index contributed by atoms with van der Waals surface area (Å²) in [6.07, 6.45) is 1.85. The Morgan fingerprint density at radius 3 is 2.50 bits per heavy atom. The molecule has 0 aromatic heterocycles. The zero-order valence-electron chi connectivity index (χ0n) is 21.2. The van der Waals surface area contributed by atoms with E-state index in [1.54, 1.807) is 16.7 Å². The standard InChI is InChI=1S/C26H37BrN4O4S/c1-4-12-28-23(33)19-20-25(35)31(13-7-14-32)22(26(20)15-18(27)21(19)36-26)24(34)29-16-8-10-17(11-9-16)30(5-2)6-3/h8-11,18-22,32H,4-7,12-15H2,1-3H3,(H,28,33)(H,29,34)/t18?,19-,20-,21-,22?,26?/m0/s1. The maximum Gasteiger partial charge on any atom is 0.248 e. The third kappa shape index (κ3) is 4.65. The van der Waals surface area contributed by atoms with Crippen LogP contribution in [0.4, 0.5) is 11.4 Å². The number of halogens is 1. The number of hydrogen-bond acceptors (Lipinski definition) is 6. The SMILES string of the molecule is CCCNC(=O)[C@H]1[C@H]2C(=O)N(CCCO)C(C(=O)Nc3ccc(N(CC)CC)cc3)C23CC(Br)[C@@H]1S3. The van der Waals surface area contributed by atoms with Crippen LogP contribution in [0.1, 0.15) is 40.0 Å². The van der Waals surface area contributed by atoms with Crippen molar-refractivity contribution in [1.82, 2.24) is 10.2 Å². The van der Waals surface area contributed by atoms with Gasteiger partial charge in [0.1, 0.15) is 6.04 Å². The Hall–Kier alpha value is -1.78. The molecule has 3 N–H and O–H groups in total. The van der Waals surface area contributed by atoms with Crippen molar-refractivity contribution in [1.29, 1.82) is 0 Å². The van der Waals surface area contributed by atoms with Gasteiger partial charge in [0.15, 0.2) is 0 Å². The molecule has 36 heavy (non-hydrogen) atoms. The summed E-state index contributed by atoms with van der Waals surface area (Å²) in [5.41, 5.74) is 1.76. The summed E-state index contributed by atoms with van der Waals surface area (Å²) in [4.78, 5) is 44.7. The number of nitrogens with one attached hydrogen (secondary N) is 2. The normalized spacial score (nSPS) is 30.4.